The molecular weight excluding hydrogens is 294 g/mol. The molecule has 23 heavy (non-hydrogen) atoms. The first-order valence-corrected chi connectivity index (χ1v) is 8.35. The average Bonchev–Trinajstić information content (AvgIpc) is 3.21. The highest BCUT2D eigenvalue weighted by molar-refractivity contribution is 5.54. The number of aliphatic hydroxyl groups excluding tert-OH is 1. The van der Waals surface area contributed by atoms with Crippen LogP contribution in [0.2, 0.25) is 0 Å². The summed E-state index contributed by atoms with van der Waals surface area (Å²) in [6.45, 7) is 2.37. The van der Waals surface area contributed by atoms with E-state index in [1.807, 2.05) is 0 Å². The van der Waals surface area contributed by atoms with Gasteiger partial charge in [-0.25, -0.2) is 0 Å². The Kier molecular flexibility index (Phi) is 2.77. The molecule has 0 saturated carbocycles. The van der Waals surface area contributed by atoms with Gasteiger partial charge in [0.05, 0.1) is 12.6 Å². The third-order valence-electron chi connectivity index (χ3n) is 5.99. The molecule has 1 fully saturated rings. The monoisotopic (exact) mass is 315 g/mol. The van der Waals surface area contributed by atoms with E-state index in [2.05, 4.69) is 23.1 Å². The van der Waals surface area contributed by atoms with Crippen molar-refractivity contribution in [3.8, 4) is 11.5 Å². The Hall–Kier alpha value is -1.72. The third-order valence-corrected chi connectivity index (χ3v) is 5.99. The molecule has 1 aliphatic carbocycles. The normalized spacial score (nSPS) is 34.4. The molecule has 4 aliphatic rings. The molecule has 1 aromatic rings. The maximum absolute atomic E-state index is 11.0. The lowest BCUT2D eigenvalue weighted by atomic mass is 9.78. The molecule has 0 radical (unpaired) electrons. The van der Waals surface area contributed by atoms with Crippen molar-refractivity contribution >= 4 is 0 Å². The zero-order valence-electron chi connectivity index (χ0n) is 13.2. The Morgan fingerprint density at radius 2 is 2.09 bits per heavy atom. The second-order valence-corrected chi connectivity index (χ2v) is 6.91. The number of aliphatic hydroxyl groups is 1. The van der Waals surface area contributed by atoms with Crippen LogP contribution in [0.4, 0.5) is 0 Å². The molecule has 3 aliphatic heterocycles. The molecule has 1 aromatic carbocycles. The molecule has 0 amide bonds. The Bertz CT molecular complexity index is 701. The minimum atomic E-state index is -0.599. The molecule has 1 N–H and O–H groups in total. The van der Waals surface area contributed by atoms with Crippen LogP contribution in [0.3, 0.4) is 0 Å². The molecule has 5 heteroatoms. The van der Waals surface area contributed by atoms with Crippen molar-refractivity contribution in [1.29, 1.82) is 0 Å². The van der Waals surface area contributed by atoms with Crippen LogP contribution in [0, 0.1) is 0 Å². The number of methoxy groups -OCH3 is 1. The maximum atomic E-state index is 11.0. The molecule has 5 rings (SSSR count). The van der Waals surface area contributed by atoms with Crippen LogP contribution in [0.15, 0.2) is 24.0 Å². The Balaban J connectivity index is 1.70. The molecule has 0 aromatic heterocycles. The average molecular weight is 315 g/mol. The van der Waals surface area contributed by atoms with Crippen molar-refractivity contribution in [2.45, 2.75) is 36.8 Å². The minimum absolute atomic E-state index is 0.00644. The van der Waals surface area contributed by atoms with Gasteiger partial charge in [0, 0.05) is 12.5 Å². The first kappa shape index (κ1) is 13.7. The van der Waals surface area contributed by atoms with Crippen LogP contribution in [0.5, 0.6) is 11.5 Å². The minimum Gasteiger partial charge on any atom is -0.499 e. The summed E-state index contributed by atoms with van der Waals surface area (Å²) < 4.78 is 16.6. The van der Waals surface area contributed by atoms with Gasteiger partial charge in [-0.3, -0.25) is 4.90 Å². The molecule has 5 nitrogen and oxygen atoms in total. The highest BCUT2D eigenvalue weighted by Crippen LogP contribution is 2.54. The number of nitrogens with zero attached hydrogens (tertiary/aromatic N) is 1. The van der Waals surface area contributed by atoms with Gasteiger partial charge in [-0.1, -0.05) is 0 Å². The van der Waals surface area contributed by atoms with Gasteiger partial charge < -0.3 is 19.3 Å². The van der Waals surface area contributed by atoms with Gasteiger partial charge in [-0.15, -0.1) is 0 Å². The summed E-state index contributed by atoms with van der Waals surface area (Å²) in [5.74, 6) is 2.33. The third kappa shape index (κ3) is 1.69. The predicted octanol–water partition coefficient (Wildman–Crippen LogP) is 1.79. The zero-order valence-corrected chi connectivity index (χ0v) is 13.2. The van der Waals surface area contributed by atoms with Crippen LogP contribution in [0.1, 0.15) is 29.9 Å². The summed E-state index contributed by atoms with van der Waals surface area (Å²) in [6.07, 6.45) is 4.78. The SMILES string of the molecule is COC1=CC23CCCN2CCc2cc4c(cc2C3C1O)OCO4. The molecule has 3 heterocycles. The summed E-state index contributed by atoms with van der Waals surface area (Å²) in [4.78, 5) is 2.53. The van der Waals surface area contributed by atoms with E-state index in [1.165, 1.54) is 11.1 Å². The number of benzene rings is 1. The fraction of sp³-hybridized carbons (Fsp3) is 0.556. The zero-order chi connectivity index (χ0) is 15.6. The van der Waals surface area contributed by atoms with Crippen molar-refractivity contribution in [3.05, 3.63) is 35.1 Å². The fourth-order valence-corrected chi connectivity index (χ4v) is 4.99. The Labute approximate surface area is 135 Å². The second-order valence-electron chi connectivity index (χ2n) is 6.91. The van der Waals surface area contributed by atoms with Gasteiger partial charge in [0.1, 0.15) is 11.9 Å². The van der Waals surface area contributed by atoms with Crippen molar-refractivity contribution < 1.29 is 19.3 Å². The quantitative estimate of drug-likeness (QED) is 0.856. The van der Waals surface area contributed by atoms with E-state index in [9.17, 15) is 5.11 Å². The highest BCUT2D eigenvalue weighted by atomic mass is 16.7. The largest absolute Gasteiger partial charge is 0.499 e. The van der Waals surface area contributed by atoms with Crippen molar-refractivity contribution in [1.82, 2.24) is 4.90 Å². The summed E-state index contributed by atoms with van der Waals surface area (Å²) in [5, 5.41) is 11.0. The first-order valence-electron chi connectivity index (χ1n) is 8.35. The van der Waals surface area contributed by atoms with E-state index in [4.69, 9.17) is 14.2 Å². The topological polar surface area (TPSA) is 51.2 Å². The molecule has 0 bridgehead atoms. The van der Waals surface area contributed by atoms with Crippen molar-refractivity contribution in [3.63, 3.8) is 0 Å². The predicted molar refractivity (Wildman–Crippen MR) is 83.6 cm³/mol. The van der Waals surface area contributed by atoms with E-state index in [0.29, 0.717) is 5.76 Å². The number of hydrogen-bond donors (Lipinski definition) is 1. The van der Waals surface area contributed by atoms with Gasteiger partial charge >= 0.3 is 0 Å². The van der Waals surface area contributed by atoms with Crippen LogP contribution >= 0.6 is 0 Å². The van der Waals surface area contributed by atoms with Crippen LogP contribution in [-0.4, -0.2) is 48.6 Å². The molecule has 3 unspecified atom stereocenters. The second kappa shape index (κ2) is 4.65. The Morgan fingerprint density at radius 3 is 2.91 bits per heavy atom. The van der Waals surface area contributed by atoms with Gasteiger partial charge in [0.25, 0.3) is 0 Å². The number of hydrogen-bond acceptors (Lipinski definition) is 5. The van der Waals surface area contributed by atoms with Crippen LogP contribution < -0.4 is 9.47 Å². The number of ether oxygens (including phenoxy) is 3. The van der Waals surface area contributed by atoms with E-state index in [-0.39, 0.29) is 18.2 Å². The molecule has 3 atom stereocenters. The Morgan fingerprint density at radius 1 is 1.26 bits per heavy atom. The van der Waals surface area contributed by atoms with E-state index in [0.717, 1.165) is 43.9 Å². The molecule has 1 saturated heterocycles. The van der Waals surface area contributed by atoms with Gasteiger partial charge in [-0.05, 0) is 55.1 Å². The van der Waals surface area contributed by atoms with Gasteiger partial charge in [0.15, 0.2) is 11.5 Å². The highest BCUT2D eigenvalue weighted by Gasteiger charge is 2.56. The lowest BCUT2D eigenvalue weighted by Crippen LogP contribution is -2.46. The lowest BCUT2D eigenvalue weighted by molar-refractivity contribution is 0.0782. The number of rotatable bonds is 1. The van der Waals surface area contributed by atoms with Gasteiger partial charge in [-0.2, -0.15) is 0 Å². The summed E-state index contributed by atoms with van der Waals surface area (Å²) >= 11 is 0. The fourth-order valence-electron chi connectivity index (χ4n) is 4.99. The van der Waals surface area contributed by atoms with E-state index < -0.39 is 6.10 Å². The van der Waals surface area contributed by atoms with Crippen molar-refractivity contribution in [2.24, 2.45) is 0 Å². The van der Waals surface area contributed by atoms with Crippen LogP contribution in [0.25, 0.3) is 0 Å². The molecule has 122 valence electrons. The first-order chi connectivity index (χ1) is 11.2. The summed E-state index contributed by atoms with van der Waals surface area (Å²) in [7, 11) is 1.65. The number of fused-ring (bicyclic) bond motifs is 3. The molecular formula is C18H21NO4. The van der Waals surface area contributed by atoms with Gasteiger partial charge in [0.2, 0.25) is 6.79 Å². The standard InChI is InChI=1S/C18H21NO4/c1-21-15-9-18-4-2-5-19(18)6-3-11-7-13-14(23-10-22-13)8-12(11)16(18)17(15)20/h7-9,16-17,20H,2-6,10H2,1H3. The van der Waals surface area contributed by atoms with E-state index >= 15 is 0 Å². The summed E-state index contributed by atoms with van der Waals surface area (Å²) in [5.41, 5.74) is 2.33. The smallest absolute Gasteiger partial charge is 0.231 e. The van der Waals surface area contributed by atoms with E-state index in [1.54, 1.807) is 7.11 Å². The summed E-state index contributed by atoms with van der Waals surface area (Å²) in [6, 6.07) is 4.19. The van der Waals surface area contributed by atoms with Crippen molar-refractivity contribution in [2.75, 3.05) is 27.0 Å². The maximum Gasteiger partial charge on any atom is 0.231 e. The van der Waals surface area contributed by atoms with Crippen LogP contribution in [-0.2, 0) is 11.2 Å². The molecule has 1 spiro atoms. The lowest BCUT2D eigenvalue weighted by Gasteiger charge is -2.38.